The van der Waals surface area contributed by atoms with Crippen molar-refractivity contribution in [2.24, 2.45) is 0 Å². The summed E-state index contributed by atoms with van der Waals surface area (Å²) in [6.45, 7) is 10.3. The maximum Gasteiger partial charge on any atom is 0.237 e. The molecule has 4 nitrogen and oxygen atoms in total. The van der Waals surface area contributed by atoms with Gasteiger partial charge in [-0.1, -0.05) is 6.92 Å². The maximum absolute atomic E-state index is 12.6. The van der Waals surface area contributed by atoms with Crippen molar-refractivity contribution in [3.05, 3.63) is 0 Å². The molecule has 2 atom stereocenters. The third-order valence-corrected chi connectivity index (χ3v) is 4.61. The molecule has 0 spiro atoms. The first-order valence-corrected chi connectivity index (χ1v) is 7.89. The monoisotopic (exact) mass is 267 g/mol. The fourth-order valence-corrected chi connectivity index (χ4v) is 3.38. The number of nitrogens with one attached hydrogen (secondary N) is 1. The Morgan fingerprint density at radius 2 is 1.89 bits per heavy atom. The molecule has 0 saturated carbocycles. The third kappa shape index (κ3) is 3.48. The topological polar surface area (TPSA) is 35.6 Å². The van der Waals surface area contributed by atoms with E-state index in [1.807, 2.05) is 0 Å². The number of hydrogen-bond donors (Lipinski definition) is 1. The van der Waals surface area contributed by atoms with Crippen molar-refractivity contribution >= 4 is 5.91 Å². The van der Waals surface area contributed by atoms with Crippen molar-refractivity contribution in [1.82, 2.24) is 15.1 Å². The molecule has 1 N–H and O–H groups in total. The van der Waals surface area contributed by atoms with E-state index >= 15 is 0 Å². The van der Waals surface area contributed by atoms with Crippen LogP contribution >= 0.6 is 0 Å². The number of rotatable bonds is 5. The van der Waals surface area contributed by atoms with E-state index in [1.54, 1.807) is 0 Å². The van der Waals surface area contributed by atoms with Crippen molar-refractivity contribution in [1.29, 1.82) is 0 Å². The summed E-state index contributed by atoms with van der Waals surface area (Å²) in [7, 11) is 0. The lowest BCUT2D eigenvalue weighted by Gasteiger charge is -2.42. The largest absolute Gasteiger partial charge is 0.336 e. The average molecular weight is 267 g/mol. The zero-order valence-corrected chi connectivity index (χ0v) is 12.7. The van der Waals surface area contributed by atoms with Crippen LogP contribution in [0.2, 0.25) is 0 Å². The molecule has 4 heteroatoms. The van der Waals surface area contributed by atoms with Crippen LogP contribution in [0.15, 0.2) is 0 Å². The zero-order valence-electron chi connectivity index (χ0n) is 12.7. The van der Waals surface area contributed by atoms with Crippen LogP contribution in [0.3, 0.4) is 0 Å². The molecule has 1 amide bonds. The summed E-state index contributed by atoms with van der Waals surface area (Å²) in [5, 5.41) is 3.30. The van der Waals surface area contributed by atoms with Gasteiger partial charge >= 0.3 is 0 Å². The minimum atomic E-state index is 0.333. The summed E-state index contributed by atoms with van der Waals surface area (Å²) >= 11 is 0. The molecule has 110 valence electrons. The van der Waals surface area contributed by atoms with Gasteiger partial charge in [0, 0.05) is 31.2 Å². The van der Waals surface area contributed by atoms with E-state index < -0.39 is 0 Å². The van der Waals surface area contributed by atoms with Crippen LogP contribution in [0.25, 0.3) is 0 Å². The van der Waals surface area contributed by atoms with Crippen molar-refractivity contribution < 1.29 is 4.79 Å². The van der Waals surface area contributed by atoms with E-state index in [1.165, 1.54) is 6.42 Å². The molecule has 2 fully saturated rings. The Labute approximate surface area is 117 Å². The van der Waals surface area contributed by atoms with E-state index in [0.29, 0.717) is 30.6 Å². The van der Waals surface area contributed by atoms with Gasteiger partial charge in [0.1, 0.15) is 0 Å². The van der Waals surface area contributed by atoms with Gasteiger partial charge in [0.2, 0.25) is 5.91 Å². The Bertz CT molecular complexity index is 294. The van der Waals surface area contributed by atoms with Crippen molar-refractivity contribution in [2.45, 2.75) is 64.6 Å². The summed E-state index contributed by atoms with van der Waals surface area (Å²) in [4.78, 5) is 17.1. The summed E-state index contributed by atoms with van der Waals surface area (Å²) in [5.41, 5.74) is 0. The minimum Gasteiger partial charge on any atom is -0.336 e. The standard InChI is InChI=1S/C15H29N3O/c1-4-8-17(14-9-16-10-14)11-15(19)18-12(2)6-5-7-13(18)3/h12-14,16H,4-11H2,1-3H3. The zero-order chi connectivity index (χ0) is 13.8. The van der Waals surface area contributed by atoms with Gasteiger partial charge < -0.3 is 10.2 Å². The molecule has 0 aliphatic carbocycles. The van der Waals surface area contributed by atoms with Crippen LogP contribution in [0.1, 0.15) is 46.5 Å². The van der Waals surface area contributed by atoms with Crippen LogP contribution in [-0.2, 0) is 4.79 Å². The SMILES string of the molecule is CCCN(CC(=O)N1C(C)CCCC1C)C1CNC1. The first-order valence-electron chi connectivity index (χ1n) is 7.89. The molecule has 2 aliphatic heterocycles. The van der Waals surface area contributed by atoms with Gasteiger partial charge in [0.25, 0.3) is 0 Å². The predicted octanol–water partition coefficient (Wildman–Crippen LogP) is 1.46. The molecule has 2 heterocycles. The van der Waals surface area contributed by atoms with Crippen molar-refractivity contribution in [3.8, 4) is 0 Å². The van der Waals surface area contributed by atoms with Crippen LogP contribution in [0.5, 0.6) is 0 Å². The first kappa shape index (κ1) is 14.8. The molecule has 0 aromatic heterocycles. The van der Waals surface area contributed by atoms with Crippen LogP contribution < -0.4 is 5.32 Å². The van der Waals surface area contributed by atoms with E-state index in [2.05, 4.69) is 35.9 Å². The average Bonchev–Trinajstić information content (AvgIpc) is 2.26. The highest BCUT2D eigenvalue weighted by Gasteiger charge is 2.32. The number of nitrogens with zero attached hydrogens (tertiary/aromatic N) is 2. The van der Waals surface area contributed by atoms with Gasteiger partial charge in [0.15, 0.2) is 0 Å². The van der Waals surface area contributed by atoms with E-state index in [-0.39, 0.29) is 0 Å². The second kappa shape index (κ2) is 6.71. The summed E-state index contributed by atoms with van der Waals surface area (Å²) in [5.74, 6) is 0.333. The highest BCUT2D eigenvalue weighted by Crippen LogP contribution is 2.23. The van der Waals surface area contributed by atoms with Gasteiger partial charge in [0.05, 0.1) is 6.54 Å². The molecule has 2 aliphatic rings. The molecule has 0 radical (unpaired) electrons. The molecular weight excluding hydrogens is 238 g/mol. The Morgan fingerprint density at radius 1 is 1.26 bits per heavy atom. The molecular formula is C15H29N3O. The lowest BCUT2D eigenvalue weighted by molar-refractivity contribution is -0.139. The third-order valence-electron chi connectivity index (χ3n) is 4.61. The van der Waals surface area contributed by atoms with Gasteiger partial charge in [-0.05, 0) is 46.1 Å². The summed E-state index contributed by atoms with van der Waals surface area (Å²) < 4.78 is 0. The second-order valence-electron chi connectivity index (χ2n) is 6.21. The highest BCUT2D eigenvalue weighted by atomic mass is 16.2. The predicted molar refractivity (Wildman–Crippen MR) is 78.1 cm³/mol. The number of carbonyl (C=O) groups is 1. The van der Waals surface area contributed by atoms with Gasteiger partial charge in [-0.2, -0.15) is 0 Å². The molecule has 2 saturated heterocycles. The van der Waals surface area contributed by atoms with Crippen molar-refractivity contribution in [2.75, 3.05) is 26.2 Å². The smallest absolute Gasteiger partial charge is 0.237 e. The quantitative estimate of drug-likeness (QED) is 0.819. The number of piperidine rings is 1. The fraction of sp³-hybridized carbons (Fsp3) is 0.933. The van der Waals surface area contributed by atoms with Crippen LogP contribution in [-0.4, -0.2) is 60.0 Å². The number of carbonyl (C=O) groups excluding carboxylic acids is 1. The van der Waals surface area contributed by atoms with Crippen LogP contribution in [0.4, 0.5) is 0 Å². The highest BCUT2D eigenvalue weighted by molar-refractivity contribution is 5.79. The second-order valence-corrected chi connectivity index (χ2v) is 6.21. The Balaban J connectivity index is 1.93. The first-order chi connectivity index (χ1) is 9.13. The lowest BCUT2D eigenvalue weighted by atomic mass is 9.97. The normalized spacial score (nSPS) is 28.5. The Hall–Kier alpha value is -0.610. The lowest BCUT2D eigenvalue weighted by Crippen LogP contribution is -2.60. The van der Waals surface area contributed by atoms with E-state index in [9.17, 15) is 4.79 Å². The van der Waals surface area contributed by atoms with Gasteiger partial charge in [-0.25, -0.2) is 0 Å². The number of hydrogen-bond acceptors (Lipinski definition) is 3. The van der Waals surface area contributed by atoms with E-state index in [0.717, 1.165) is 38.9 Å². The molecule has 0 aromatic carbocycles. The Morgan fingerprint density at radius 3 is 2.37 bits per heavy atom. The molecule has 2 unspecified atom stereocenters. The Kier molecular flexibility index (Phi) is 5.22. The van der Waals surface area contributed by atoms with Gasteiger partial charge in [-0.15, -0.1) is 0 Å². The maximum atomic E-state index is 12.6. The van der Waals surface area contributed by atoms with Gasteiger partial charge in [-0.3, -0.25) is 9.69 Å². The molecule has 0 bridgehead atoms. The van der Waals surface area contributed by atoms with E-state index in [4.69, 9.17) is 0 Å². The number of amides is 1. The minimum absolute atomic E-state index is 0.333. The van der Waals surface area contributed by atoms with Crippen molar-refractivity contribution in [3.63, 3.8) is 0 Å². The molecule has 19 heavy (non-hydrogen) atoms. The fourth-order valence-electron chi connectivity index (χ4n) is 3.38. The number of likely N-dealkylation sites (tertiary alicyclic amines) is 1. The molecule has 2 rings (SSSR count). The van der Waals surface area contributed by atoms with Crippen LogP contribution in [0, 0.1) is 0 Å². The molecule has 0 aromatic rings. The summed E-state index contributed by atoms with van der Waals surface area (Å²) in [6.07, 6.45) is 4.70. The summed E-state index contributed by atoms with van der Waals surface area (Å²) in [6, 6.07) is 1.40.